The normalized spacial score (nSPS) is 11.2. The fraction of sp³-hybridized carbons (Fsp3) is 0.263. The molecule has 1 N–H and O–H groups in total. The maximum absolute atomic E-state index is 12.3. The van der Waals surface area contributed by atoms with E-state index < -0.39 is 0 Å². The van der Waals surface area contributed by atoms with Gasteiger partial charge in [0.25, 0.3) is 5.91 Å². The summed E-state index contributed by atoms with van der Waals surface area (Å²) in [6.45, 7) is 1.14. The lowest BCUT2D eigenvalue weighted by molar-refractivity contribution is 0.0940. The third kappa shape index (κ3) is 4.96. The minimum atomic E-state index is -0.173. The molecule has 2 aromatic rings. The summed E-state index contributed by atoms with van der Waals surface area (Å²) in [4.78, 5) is 12.3. The summed E-state index contributed by atoms with van der Waals surface area (Å²) in [5.74, 6) is -0.173. The van der Waals surface area contributed by atoms with Gasteiger partial charge < -0.3 is 14.6 Å². The predicted octanol–water partition coefficient (Wildman–Crippen LogP) is 3.51. The molecule has 0 aliphatic carbocycles. The van der Waals surface area contributed by atoms with E-state index in [4.69, 9.17) is 16.3 Å². The van der Waals surface area contributed by atoms with Crippen molar-refractivity contribution in [3.8, 4) is 6.07 Å². The Labute approximate surface area is 152 Å². The van der Waals surface area contributed by atoms with Gasteiger partial charge >= 0.3 is 0 Å². The molecule has 0 fully saturated rings. The fourth-order valence-electron chi connectivity index (χ4n) is 2.41. The lowest BCUT2D eigenvalue weighted by Gasteiger charge is -2.08. The smallest absolute Gasteiger partial charge is 0.267 e. The Morgan fingerprint density at radius 2 is 1.96 bits per heavy atom. The molecule has 1 aromatic carbocycles. The van der Waals surface area contributed by atoms with E-state index in [9.17, 15) is 10.1 Å². The third-order valence-electron chi connectivity index (χ3n) is 3.74. The first-order valence-corrected chi connectivity index (χ1v) is 8.25. The lowest BCUT2D eigenvalue weighted by Crippen LogP contribution is -2.27. The number of rotatable bonds is 7. The number of nitrogens with zero attached hydrogens (tertiary/aromatic N) is 2. The van der Waals surface area contributed by atoms with E-state index >= 15 is 0 Å². The van der Waals surface area contributed by atoms with Gasteiger partial charge in [0.1, 0.15) is 11.8 Å². The molecule has 0 radical (unpaired) electrons. The molecular weight excluding hydrogens is 338 g/mol. The second kappa shape index (κ2) is 9.07. The van der Waals surface area contributed by atoms with Gasteiger partial charge in [0.15, 0.2) is 0 Å². The number of allylic oxidation sites excluding steroid dienone is 1. The zero-order chi connectivity index (χ0) is 18.2. The van der Waals surface area contributed by atoms with Crippen LogP contribution in [0.2, 0.25) is 5.02 Å². The summed E-state index contributed by atoms with van der Waals surface area (Å²) in [6, 6.07) is 12.9. The van der Waals surface area contributed by atoms with Crippen LogP contribution in [0.15, 0.2) is 36.4 Å². The van der Waals surface area contributed by atoms with Crippen LogP contribution in [0.4, 0.5) is 0 Å². The molecule has 1 heterocycles. The SMILES string of the molecule is COCCCNC(=O)c1ccc(/C(C#N)=C/c2ccc(Cl)cc2)n1C. The highest BCUT2D eigenvalue weighted by Gasteiger charge is 2.14. The van der Waals surface area contributed by atoms with Crippen LogP contribution in [0.1, 0.15) is 28.2 Å². The molecular formula is C19H20ClN3O2. The van der Waals surface area contributed by atoms with Gasteiger partial charge in [-0.3, -0.25) is 4.79 Å². The number of methoxy groups -OCH3 is 1. The first-order valence-electron chi connectivity index (χ1n) is 7.87. The number of amides is 1. The Bertz CT molecular complexity index is 801. The average Bonchev–Trinajstić information content (AvgIpc) is 2.99. The summed E-state index contributed by atoms with van der Waals surface area (Å²) in [6.07, 6.45) is 2.52. The van der Waals surface area contributed by atoms with Crippen LogP contribution in [0.3, 0.4) is 0 Å². The third-order valence-corrected chi connectivity index (χ3v) is 3.99. The molecule has 0 aliphatic rings. The molecule has 130 valence electrons. The number of carbonyl (C=O) groups excluding carboxylic acids is 1. The van der Waals surface area contributed by atoms with Crippen LogP contribution in [0.5, 0.6) is 0 Å². The van der Waals surface area contributed by atoms with Crippen LogP contribution in [0.25, 0.3) is 11.6 Å². The van der Waals surface area contributed by atoms with Crippen molar-refractivity contribution in [2.45, 2.75) is 6.42 Å². The second-order valence-corrected chi connectivity index (χ2v) is 5.92. The molecule has 0 spiro atoms. The molecule has 1 aromatic heterocycles. The number of ether oxygens (including phenoxy) is 1. The maximum atomic E-state index is 12.3. The number of nitrogens with one attached hydrogen (secondary N) is 1. The highest BCUT2D eigenvalue weighted by atomic mass is 35.5. The Morgan fingerprint density at radius 1 is 1.28 bits per heavy atom. The zero-order valence-electron chi connectivity index (χ0n) is 14.3. The molecule has 6 heteroatoms. The minimum Gasteiger partial charge on any atom is -0.385 e. The first kappa shape index (κ1) is 18.8. The standard InChI is InChI=1S/C19H20ClN3O2/c1-23-17(8-9-18(23)19(24)22-10-3-11-25-2)15(13-21)12-14-4-6-16(20)7-5-14/h4-9,12H,3,10-11H2,1-2H3,(H,22,24)/b15-12+. The van der Waals surface area contributed by atoms with Gasteiger partial charge in [-0.05, 0) is 42.3 Å². The van der Waals surface area contributed by atoms with Gasteiger partial charge in [-0.15, -0.1) is 0 Å². The molecule has 0 saturated heterocycles. The van der Waals surface area contributed by atoms with Crippen molar-refractivity contribution in [2.24, 2.45) is 7.05 Å². The van der Waals surface area contributed by atoms with Gasteiger partial charge in [-0.2, -0.15) is 5.26 Å². The van der Waals surface area contributed by atoms with Gasteiger partial charge in [0.05, 0.1) is 11.3 Å². The van der Waals surface area contributed by atoms with Crippen molar-refractivity contribution in [1.82, 2.24) is 9.88 Å². The molecule has 0 aliphatic heterocycles. The quantitative estimate of drug-likeness (QED) is 0.609. The van der Waals surface area contributed by atoms with E-state index in [-0.39, 0.29) is 5.91 Å². The van der Waals surface area contributed by atoms with Crippen LogP contribution >= 0.6 is 11.6 Å². The molecule has 25 heavy (non-hydrogen) atoms. The van der Waals surface area contributed by atoms with Crippen LogP contribution in [-0.2, 0) is 11.8 Å². The average molecular weight is 358 g/mol. The van der Waals surface area contributed by atoms with Crippen molar-refractivity contribution in [2.75, 3.05) is 20.3 Å². The van der Waals surface area contributed by atoms with E-state index in [1.54, 1.807) is 49.1 Å². The molecule has 0 saturated carbocycles. The van der Waals surface area contributed by atoms with Crippen molar-refractivity contribution >= 4 is 29.2 Å². The minimum absolute atomic E-state index is 0.173. The van der Waals surface area contributed by atoms with Gasteiger partial charge in [-0.25, -0.2) is 0 Å². The molecule has 0 atom stereocenters. The van der Waals surface area contributed by atoms with Crippen molar-refractivity contribution < 1.29 is 9.53 Å². The maximum Gasteiger partial charge on any atom is 0.267 e. The zero-order valence-corrected chi connectivity index (χ0v) is 15.0. The van der Waals surface area contributed by atoms with E-state index in [1.807, 2.05) is 12.1 Å². The topological polar surface area (TPSA) is 67.0 Å². The summed E-state index contributed by atoms with van der Waals surface area (Å²) in [7, 11) is 3.40. The predicted molar refractivity (Wildman–Crippen MR) is 99.2 cm³/mol. The molecule has 1 amide bonds. The largest absolute Gasteiger partial charge is 0.385 e. The van der Waals surface area contributed by atoms with E-state index in [0.717, 1.165) is 12.0 Å². The number of carbonyl (C=O) groups is 1. The summed E-state index contributed by atoms with van der Waals surface area (Å²) in [5, 5.41) is 13.0. The van der Waals surface area contributed by atoms with E-state index in [1.165, 1.54) is 0 Å². The van der Waals surface area contributed by atoms with Gasteiger partial charge in [0, 0.05) is 32.3 Å². The highest BCUT2D eigenvalue weighted by Crippen LogP contribution is 2.21. The Hall–Kier alpha value is -2.55. The Morgan fingerprint density at radius 3 is 2.60 bits per heavy atom. The van der Waals surface area contributed by atoms with Crippen LogP contribution in [-0.4, -0.2) is 30.7 Å². The first-order chi connectivity index (χ1) is 12.1. The number of hydrogen-bond donors (Lipinski definition) is 1. The number of halogens is 1. The highest BCUT2D eigenvalue weighted by molar-refractivity contribution is 6.30. The Kier molecular flexibility index (Phi) is 6.81. The molecule has 0 bridgehead atoms. The number of hydrogen-bond acceptors (Lipinski definition) is 3. The fourth-order valence-corrected chi connectivity index (χ4v) is 2.53. The Balaban J connectivity index is 2.19. The van der Waals surface area contributed by atoms with Crippen molar-refractivity contribution in [3.63, 3.8) is 0 Å². The second-order valence-electron chi connectivity index (χ2n) is 5.49. The van der Waals surface area contributed by atoms with Gasteiger partial charge in [-0.1, -0.05) is 23.7 Å². The number of aromatic nitrogens is 1. The van der Waals surface area contributed by atoms with Crippen molar-refractivity contribution in [1.29, 1.82) is 5.26 Å². The molecule has 2 rings (SSSR count). The van der Waals surface area contributed by atoms with Crippen LogP contribution in [0, 0.1) is 11.3 Å². The number of benzene rings is 1. The van der Waals surface area contributed by atoms with Gasteiger partial charge in [0.2, 0.25) is 0 Å². The van der Waals surface area contributed by atoms with E-state index in [2.05, 4.69) is 11.4 Å². The summed E-state index contributed by atoms with van der Waals surface area (Å²) >= 11 is 5.88. The summed E-state index contributed by atoms with van der Waals surface area (Å²) in [5.41, 5.74) is 2.53. The van der Waals surface area contributed by atoms with Crippen LogP contribution < -0.4 is 5.32 Å². The van der Waals surface area contributed by atoms with E-state index in [0.29, 0.717) is 35.1 Å². The lowest BCUT2D eigenvalue weighted by atomic mass is 10.1. The molecule has 5 nitrogen and oxygen atoms in total. The number of nitriles is 1. The molecule has 0 unspecified atom stereocenters. The van der Waals surface area contributed by atoms with Crippen molar-refractivity contribution in [3.05, 3.63) is 58.4 Å². The monoisotopic (exact) mass is 357 g/mol. The summed E-state index contributed by atoms with van der Waals surface area (Å²) < 4.78 is 6.68.